The maximum Gasteiger partial charge on any atom is 0.274 e. The van der Waals surface area contributed by atoms with Crippen LogP contribution in [0.4, 0.5) is 0 Å². The molecule has 1 heterocycles. The van der Waals surface area contributed by atoms with Crippen molar-refractivity contribution in [1.29, 1.82) is 0 Å². The number of aromatic nitrogens is 1. The summed E-state index contributed by atoms with van der Waals surface area (Å²) in [4.78, 5) is 14.6. The van der Waals surface area contributed by atoms with Crippen molar-refractivity contribution in [3.8, 4) is 5.75 Å². The van der Waals surface area contributed by atoms with Gasteiger partial charge in [0.25, 0.3) is 5.70 Å². The first-order valence-electron chi connectivity index (χ1n) is 4.60. The molecular weight excluding hydrogens is 196 g/mol. The first-order valence-corrected chi connectivity index (χ1v) is 4.60. The standard InChI is InChI=1S/C10H10N2O3/c1-15-7-5-8-9(11-6-7)3-2-4-10(8)12(13)14/h4-6H,2-3H2,1H3. The Morgan fingerprint density at radius 2 is 2.40 bits per heavy atom. The van der Waals surface area contributed by atoms with Crippen LogP contribution in [0.2, 0.25) is 0 Å². The van der Waals surface area contributed by atoms with Gasteiger partial charge in [-0.15, -0.1) is 0 Å². The molecule has 5 nitrogen and oxygen atoms in total. The second-order valence-corrected chi connectivity index (χ2v) is 3.25. The Labute approximate surface area is 86.5 Å². The lowest BCUT2D eigenvalue weighted by atomic mass is 10.00. The first-order chi connectivity index (χ1) is 7.22. The summed E-state index contributed by atoms with van der Waals surface area (Å²) in [7, 11) is 1.52. The van der Waals surface area contributed by atoms with Crippen LogP contribution in [0.15, 0.2) is 18.3 Å². The van der Waals surface area contributed by atoms with Crippen LogP contribution in [0.3, 0.4) is 0 Å². The molecule has 1 aliphatic carbocycles. The average molecular weight is 206 g/mol. The molecule has 78 valence electrons. The molecule has 0 saturated carbocycles. The molecule has 0 fully saturated rings. The van der Waals surface area contributed by atoms with Gasteiger partial charge in [0, 0.05) is 0 Å². The van der Waals surface area contributed by atoms with Crippen molar-refractivity contribution in [3.05, 3.63) is 39.7 Å². The number of allylic oxidation sites excluding steroid dienone is 1. The molecule has 0 unspecified atom stereocenters. The van der Waals surface area contributed by atoms with Crippen molar-refractivity contribution in [2.24, 2.45) is 0 Å². The summed E-state index contributed by atoms with van der Waals surface area (Å²) >= 11 is 0. The van der Waals surface area contributed by atoms with E-state index in [4.69, 9.17) is 4.74 Å². The first kappa shape index (κ1) is 9.64. The number of pyridine rings is 1. The topological polar surface area (TPSA) is 65.3 Å². The number of aryl methyl sites for hydroxylation is 1. The highest BCUT2D eigenvalue weighted by molar-refractivity contribution is 5.63. The molecule has 1 aromatic rings. The predicted molar refractivity (Wildman–Crippen MR) is 54.1 cm³/mol. The highest BCUT2D eigenvalue weighted by atomic mass is 16.6. The molecule has 0 aliphatic heterocycles. The summed E-state index contributed by atoms with van der Waals surface area (Å²) < 4.78 is 5.00. The Balaban J connectivity index is 2.52. The number of methoxy groups -OCH3 is 1. The van der Waals surface area contributed by atoms with Gasteiger partial charge in [0.05, 0.1) is 29.5 Å². The fourth-order valence-corrected chi connectivity index (χ4v) is 1.63. The van der Waals surface area contributed by atoms with E-state index < -0.39 is 0 Å². The van der Waals surface area contributed by atoms with Crippen molar-refractivity contribution < 1.29 is 9.66 Å². The van der Waals surface area contributed by atoms with E-state index >= 15 is 0 Å². The van der Waals surface area contributed by atoms with Crippen LogP contribution < -0.4 is 4.74 Å². The zero-order valence-electron chi connectivity index (χ0n) is 8.27. The van der Waals surface area contributed by atoms with Gasteiger partial charge in [0.15, 0.2) is 0 Å². The van der Waals surface area contributed by atoms with Crippen molar-refractivity contribution in [3.63, 3.8) is 0 Å². The van der Waals surface area contributed by atoms with Gasteiger partial charge in [-0.05, 0) is 25.0 Å². The molecule has 1 aromatic heterocycles. The van der Waals surface area contributed by atoms with Gasteiger partial charge in [-0.3, -0.25) is 15.1 Å². The second-order valence-electron chi connectivity index (χ2n) is 3.25. The van der Waals surface area contributed by atoms with E-state index in [1.54, 1.807) is 18.3 Å². The number of ether oxygens (including phenoxy) is 1. The SMILES string of the molecule is COc1cnc2c(c1)C([N+](=O)[O-])=CCC2. The second kappa shape index (κ2) is 3.68. The van der Waals surface area contributed by atoms with Crippen molar-refractivity contribution in [2.75, 3.05) is 7.11 Å². The maximum atomic E-state index is 10.8. The Morgan fingerprint density at radius 1 is 1.60 bits per heavy atom. The summed E-state index contributed by atoms with van der Waals surface area (Å²) in [5.41, 5.74) is 1.47. The molecule has 5 heteroatoms. The number of rotatable bonds is 2. The van der Waals surface area contributed by atoms with Gasteiger partial charge in [-0.1, -0.05) is 0 Å². The lowest BCUT2D eigenvalue weighted by Crippen LogP contribution is -2.08. The number of fused-ring (bicyclic) bond motifs is 1. The van der Waals surface area contributed by atoms with E-state index in [9.17, 15) is 10.1 Å². The Kier molecular flexibility index (Phi) is 2.37. The zero-order chi connectivity index (χ0) is 10.8. The summed E-state index contributed by atoms with van der Waals surface area (Å²) in [5, 5.41) is 10.8. The van der Waals surface area contributed by atoms with Crippen molar-refractivity contribution in [1.82, 2.24) is 4.98 Å². The molecule has 0 aromatic carbocycles. The molecule has 0 N–H and O–H groups in total. The van der Waals surface area contributed by atoms with Crippen LogP contribution >= 0.6 is 0 Å². The number of nitro groups is 1. The van der Waals surface area contributed by atoms with E-state index in [0.717, 1.165) is 12.1 Å². The molecule has 15 heavy (non-hydrogen) atoms. The molecule has 0 atom stereocenters. The molecule has 0 saturated heterocycles. The average Bonchev–Trinajstić information content (AvgIpc) is 2.27. The molecule has 1 aliphatic rings. The number of nitrogens with zero attached hydrogens (tertiary/aromatic N) is 2. The molecular formula is C10H10N2O3. The third kappa shape index (κ3) is 1.68. The highest BCUT2D eigenvalue weighted by Gasteiger charge is 2.23. The Bertz CT molecular complexity index is 440. The van der Waals surface area contributed by atoms with Crippen LogP contribution in [0, 0.1) is 10.1 Å². The van der Waals surface area contributed by atoms with Gasteiger partial charge < -0.3 is 4.74 Å². The van der Waals surface area contributed by atoms with E-state index in [0.29, 0.717) is 17.7 Å². The smallest absolute Gasteiger partial charge is 0.274 e. The highest BCUT2D eigenvalue weighted by Crippen LogP contribution is 2.28. The Morgan fingerprint density at radius 3 is 3.07 bits per heavy atom. The molecule has 0 amide bonds. The quantitative estimate of drug-likeness (QED) is 0.545. The molecule has 0 bridgehead atoms. The molecule has 0 spiro atoms. The maximum absolute atomic E-state index is 10.8. The largest absolute Gasteiger partial charge is 0.495 e. The van der Waals surface area contributed by atoms with Crippen LogP contribution in [0.25, 0.3) is 5.70 Å². The van der Waals surface area contributed by atoms with E-state index in [-0.39, 0.29) is 10.6 Å². The summed E-state index contributed by atoms with van der Waals surface area (Å²) in [6.45, 7) is 0. The summed E-state index contributed by atoms with van der Waals surface area (Å²) in [5.74, 6) is 0.545. The Hall–Kier alpha value is -1.91. The molecule has 2 rings (SSSR count). The minimum atomic E-state index is -0.376. The minimum absolute atomic E-state index is 0.127. The van der Waals surface area contributed by atoms with E-state index in [1.165, 1.54) is 7.11 Å². The number of hydrogen-bond donors (Lipinski definition) is 0. The van der Waals surface area contributed by atoms with Gasteiger partial charge in [-0.25, -0.2) is 0 Å². The summed E-state index contributed by atoms with van der Waals surface area (Å²) in [6.07, 6.45) is 4.63. The fraction of sp³-hybridized carbons (Fsp3) is 0.300. The van der Waals surface area contributed by atoms with Gasteiger partial charge >= 0.3 is 0 Å². The lowest BCUT2D eigenvalue weighted by molar-refractivity contribution is -0.375. The van der Waals surface area contributed by atoms with Gasteiger partial charge in [0.2, 0.25) is 0 Å². The van der Waals surface area contributed by atoms with Crippen LogP contribution in [0.1, 0.15) is 17.7 Å². The van der Waals surface area contributed by atoms with Crippen molar-refractivity contribution in [2.45, 2.75) is 12.8 Å². The third-order valence-electron chi connectivity index (χ3n) is 2.37. The zero-order valence-corrected chi connectivity index (χ0v) is 8.27. The van der Waals surface area contributed by atoms with Crippen LogP contribution in [-0.4, -0.2) is 17.0 Å². The third-order valence-corrected chi connectivity index (χ3v) is 2.37. The van der Waals surface area contributed by atoms with E-state index in [1.807, 2.05) is 0 Å². The monoisotopic (exact) mass is 206 g/mol. The summed E-state index contributed by atoms with van der Waals surface area (Å²) in [6, 6.07) is 1.66. The fourth-order valence-electron chi connectivity index (χ4n) is 1.63. The normalized spacial score (nSPS) is 14.1. The number of hydrogen-bond acceptors (Lipinski definition) is 4. The van der Waals surface area contributed by atoms with Crippen molar-refractivity contribution >= 4 is 5.70 Å². The van der Waals surface area contributed by atoms with E-state index in [2.05, 4.69) is 4.98 Å². The molecule has 0 radical (unpaired) electrons. The van der Waals surface area contributed by atoms with Crippen LogP contribution in [0.5, 0.6) is 5.75 Å². The minimum Gasteiger partial charge on any atom is -0.495 e. The van der Waals surface area contributed by atoms with Gasteiger partial charge in [-0.2, -0.15) is 0 Å². The lowest BCUT2D eigenvalue weighted by Gasteiger charge is -2.11. The van der Waals surface area contributed by atoms with Gasteiger partial charge in [0.1, 0.15) is 5.75 Å². The predicted octanol–water partition coefficient (Wildman–Crippen LogP) is 1.65. The van der Waals surface area contributed by atoms with Crippen LogP contribution in [-0.2, 0) is 6.42 Å².